The molecule has 1 heterocycles. The van der Waals surface area contributed by atoms with Crippen molar-refractivity contribution in [3.63, 3.8) is 0 Å². The van der Waals surface area contributed by atoms with Crippen molar-refractivity contribution in [3.8, 4) is 0 Å². The van der Waals surface area contributed by atoms with Crippen molar-refractivity contribution in [1.29, 1.82) is 0 Å². The molecule has 4 nitrogen and oxygen atoms in total. The molecular formula is C18H29N3O. The molecule has 122 valence electrons. The fraction of sp³-hybridized carbons (Fsp3) is 0.611. The summed E-state index contributed by atoms with van der Waals surface area (Å²) in [5, 5.41) is 0. The second-order valence-corrected chi connectivity index (χ2v) is 6.82. The van der Waals surface area contributed by atoms with Crippen molar-refractivity contribution in [3.05, 3.63) is 29.8 Å². The summed E-state index contributed by atoms with van der Waals surface area (Å²) in [7, 11) is 4.11. The normalized spacial score (nSPS) is 17.0. The summed E-state index contributed by atoms with van der Waals surface area (Å²) < 4.78 is 0. The van der Waals surface area contributed by atoms with Crippen LogP contribution in [0.4, 0.5) is 5.69 Å². The average molecular weight is 303 g/mol. The van der Waals surface area contributed by atoms with Crippen LogP contribution in [0.1, 0.15) is 25.8 Å². The number of carbonyl (C=O) groups excluding carboxylic acids is 1. The average Bonchev–Trinajstić information content (AvgIpc) is 2.63. The van der Waals surface area contributed by atoms with Crippen LogP contribution in [0.3, 0.4) is 0 Å². The highest BCUT2D eigenvalue weighted by atomic mass is 16.2. The van der Waals surface area contributed by atoms with E-state index >= 15 is 0 Å². The van der Waals surface area contributed by atoms with E-state index in [1.165, 1.54) is 11.3 Å². The molecule has 1 aliphatic heterocycles. The lowest BCUT2D eigenvalue weighted by Gasteiger charge is -2.23. The molecule has 0 spiro atoms. The van der Waals surface area contributed by atoms with Gasteiger partial charge in [-0.25, -0.2) is 0 Å². The summed E-state index contributed by atoms with van der Waals surface area (Å²) in [5.74, 6) is 0.841. The molecule has 1 aliphatic rings. The van der Waals surface area contributed by atoms with Gasteiger partial charge in [0.1, 0.15) is 0 Å². The Morgan fingerprint density at radius 2 is 1.77 bits per heavy atom. The van der Waals surface area contributed by atoms with Crippen molar-refractivity contribution >= 4 is 11.6 Å². The molecule has 2 rings (SSSR count). The molecule has 0 radical (unpaired) electrons. The van der Waals surface area contributed by atoms with Gasteiger partial charge in [-0.1, -0.05) is 26.0 Å². The van der Waals surface area contributed by atoms with E-state index in [9.17, 15) is 4.79 Å². The Morgan fingerprint density at radius 3 is 2.36 bits per heavy atom. The molecule has 4 heteroatoms. The van der Waals surface area contributed by atoms with E-state index in [-0.39, 0.29) is 0 Å². The maximum Gasteiger partial charge on any atom is 0.223 e. The predicted octanol–water partition coefficient (Wildman–Crippen LogP) is 2.44. The molecule has 1 fully saturated rings. The van der Waals surface area contributed by atoms with E-state index in [1.807, 2.05) is 4.90 Å². The third-order valence-corrected chi connectivity index (χ3v) is 4.13. The standard InChI is InChI=1S/C18H29N3O/c1-15(2)13-21-12-11-20(10-9-18(21)22)14-16-5-7-17(8-6-16)19(3)4/h5-8,15H,9-14H2,1-4H3. The maximum atomic E-state index is 12.2. The fourth-order valence-electron chi connectivity index (χ4n) is 2.86. The molecule has 1 aromatic carbocycles. The van der Waals surface area contributed by atoms with Gasteiger partial charge in [0, 0.05) is 58.9 Å². The van der Waals surface area contributed by atoms with Crippen molar-refractivity contribution in [2.45, 2.75) is 26.8 Å². The summed E-state index contributed by atoms with van der Waals surface area (Å²) in [6.45, 7) is 8.83. The third-order valence-electron chi connectivity index (χ3n) is 4.13. The smallest absolute Gasteiger partial charge is 0.223 e. The van der Waals surface area contributed by atoms with Crippen LogP contribution in [0.15, 0.2) is 24.3 Å². The molecule has 0 bridgehead atoms. The summed E-state index contributed by atoms with van der Waals surface area (Å²) >= 11 is 0. The van der Waals surface area contributed by atoms with Gasteiger partial charge in [-0.15, -0.1) is 0 Å². The summed E-state index contributed by atoms with van der Waals surface area (Å²) in [6, 6.07) is 8.69. The first-order chi connectivity index (χ1) is 10.5. The zero-order chi connectivity index (χ0) is 16.1. The number of anilines is 1. The first-order valence-corrected chi connectivity index (χ1v) is 8.22. The molecule has 0 saturated carbocycles. The minimum absolute atomic E-state index is 0.305. The van der Waals surface area contributed by atoms with Crippen molar-refractivity contribution in [1.82, 2.24) is 9.80 Å². The van der Waals surface area contributed by atoms with Gasteiger partial charge in [-0.2, -0.15) is 0 Å². The first-order valence-electron chi connectivity index (χ1n) is 8.22. The number of hydrogen-bond donors (Lipinski definition) is 0. The van der Waals surface area contributed by atoms with E-state index in [0.717, 1.165) is 32.7 Å². The number of rotatable bonds is 5. The van der Waals surface area contributed by atoms with Crippen molar-refractivity contribution in [2.75, 3.05) is 45.2 Å². The number of nitrogens with zero attached hydrogens (tertiary/aromatic N) is 3. The molecule has 1 aromatic rings. The summed E-state index contributed by atoms with van der Waals surface area (Å²) in [6.07, 6.45) is 0.641. The minimum Gasteiger partial charge on any atom is -0.378 e. The van der Waals surface area contributed by atoms with Crippen LogP contribution in [0.2, 0.25) is 0 Å². The second-order valence-electron chi connectivity index (χ2n) is 6.82. The molecular weight excluding hydrogens is 274 g/mol. The van der Waals surface area contributed by atoms with Crippen molar-refractivity contribution in [2.24, 2.45) is 5.92 Å². The van der Waals surface area contributed by atoms with Crippen LogP contribution < -0.4 is 4.90 Å². The molecule has 0 N–H and O–H groups in total. The Morgan fingerprint density at radius 1 is 1.09 bits per heavy atom. The Bertz CT molecular complexity index is 482. The molecule has 0 aromatic heterocycles. The zero-order valence-electron chi connectivity index (χ0n) is 14.4. The Balaban J connectivity index is 1.92. The highest BCUT2D eigenvalue weighted by Gasteiger charge is 2.21. The topological polar surface area (TPSA) is 26.8 Å². The lowest BCUT2D eigenvalue weighted by Crippen LogP contribution is -2.35. The third kappa shape index (κ3) is 4.73. The minimum atomic E-state index is 0.305. The van der Waals surface area contributed by atoms with E-state index in [1.54, 1.807) is 0 Å². The van der Waals surface area contributed by atoms with Gasteiger partial charge in [0.05, 0.1) is 0 Å². The molecule has 0 aliphatic carbocycles. The fourth-order valence-corrected chi connectivity index (χ4v) is 2.86. The molecule has 22 heavy (non-hydrogen) atoms. The van der Waals surface area contributed by atoms with E-state index in [4.69, 9.17) is 0 Å². The van der Waals surface area contributed by atoms with Gasteiger partial charge >= 0.3 is 0 Å². The van der Waals surface area contributed by atoms with Gasteiger partial charge < -0.3 is 9.80 Å². The second kappa shape index (κ2) is 7.63. The lowest BCUT2D eigenvalue weighted by atomic mass is 10.2. The van der Waals surface area contributed by atoms with Crippen LogP contribution in [0.5, 0.6) is 0 Å². The molecule has 1 amide bonds. The Hall–Kier alpha value is -1.55. The van der Waals surface area contributed by atoms with E-state index in [2.05, 4.69) is 62.0 Å². The number of benzene rings is 1. The van der Waals surface area contributed by atoms with Crippen LogP contribution in [0, 0.1) is 5.92 Å². The number of carbonyl (C=O) groups is 1. The van der Waals surface area contributed by atoms with Crippen molar-refractivity contribution < 1.29 is 4.79 Å². The Kier molecular flexibility index (Phi) is 5.83. The van der Waals surface area contributed by atoms with Crippen LogP contribution in [0.25, 0.3) is 0 Å². The van der Waals surface area contributed by atoms with E-state index in [0.29, 0.717) is 18.2 Å². The van der Waals surface area contributed by atoms with Gasteiger partial charge in [0.15, 0.2) is 0 Å². The monoisotopic (exact) mass is 303 g/mol. The number of amides is 1. The van der Waals surface area contributed by atoms with Gasteiger partial charge in [0.2, 0.25) is 5.91 Å². The lowest BCUT2D eigenvalue weighted by molar-refractivity contribution is -0.130. The largest absolute Gasteiger partial charge is 0.378 e. The SMILES string of the molecule is CC(C)CN1CCN(Cc2ccc(N(C)C)cc2)CCC1=O. The highest BCUT2D eigenvalue weighted by molar-refractivity contribution is 5.76. The van der Waals surface area contributed by atoms with Crippen LogP contribution in [-0.4, -0.2) is 56.0 Å². The predicted molar refractivity (Wildman–Crippen MR) is 92.1 cm³/mol. The molecule has 0 unspecified atom stereocenters. The molecule has 0 atom stereocenters. The highest BCUT2D eigenvalue weighted by Crippen LogP contribution is 2.15. The summed E-state index contributed by atoms with van der Waals surface area (Å²) in [4.78, 5) is 18.7. The first kappa shape index (κ1) is 16.8. The van der Waals surface area contributed by atoms with E-state index < -0.39 is 0 Å². The van der Waals surface area contributed by atoms with Crippen LogP contribution >= 0.6 is 0 Å². The van der Waals surface area contributed by atoms with Gasteiger partial charge in [-0.3, -0.25) is 9.69 Å². The summed E-state index contributed by atoms with van der Waals surface area (Å²) in [5.41, 5.74) is 2.54. The zero-order valence-corrected chi connectivity index (χ0v) is 14.4. The number of hydrogen-bond acceptors (Lipinski definition) is 3. The Labute approximate surface area is 134 Å². The van der Waals surface area contributed by atoms with Gasteiger partial charge in [0.25, 0.3) is 0 Å². The van der Waals surface area contributed by atoms with Crippen LogP contribution in [-0.2, 0) is 11.3 Å². The maximum absolute atomic E-state index is 12.2. The van der Waals surface area contributed by atoms with Gasteiger partial charge in [-0.05, 0) is 23.6 Å². The quantitative estimate of drug-likeness (QED) is 0.836. The molecule has 1 saturated heterocycles.